The van der Waals surface area contributed by atoms with Gasteiger partial charge >= 0.3 is 0 Å². The molecule has 2 heterocycles. The monoisotopic (exact) mass is 391 g/mol. The second-order valence-corrected chi connectivity index (χ2v) is 7.16. The molecule has 3 aromatic rings. The number of amides is 1. The molecule has 1 amide bonds. The highest BCUT2D eigenvalue weighted by Crippen LogP contribution is 2.31. The number of fused-ring (bicyclic) bond motifs is 1. The van der Waals surface area contributed by atoms with Gasteiger partial charge in [0.25, 0.3) is 5.91 Å². The Hall–Kier alpha value is -3.28. The predicted molar refractivity (Wildman–Crippen MR) is 114 cm³/mol. The van der Waals surface area contributed by atoms with E-state index < -0.39 is 0 Å². The molecular formula is C23H25N3O3. The number of benzene rings is 2. The first-order chi connectivity index (χ1) is 14.1. The molecule has 0 N–H and O–H groups in total. The Bertz CT molecular complexity index is 1040. The van der Waals surface area contributed by atoms with E-state index in [9.17, 15) is 4.79 Å². The standard InChI is InChI=1S/C23H25N3O3/c1-16-14-20(28-2)21(29-3)15-18(16)23(27)26-12-10-25(11-13-26)22-9-8-17-6-4-5-7-19(17)24-22/h4-9,14-15H,10-13H2,1-3H3. The summed E-state index contributed by atoms with van der Waals surface area (Å²) in [5, 5.41) is 1.13. The predicted octanol–water partition coefficient (Wildman–Crippen LogP) is 3.52. The van der Waals surface area contributed by atoms with Crippen LogP contribution in [0.25, 0.3) is 10.9 Å². The first-order valence-corrected chi connectivity index (χ1v) is 9.73. The summed E-state index contributed by atoms with van der Waals surface area (Å²) in [5.74, 6) is 2.18. The van der Waals surface area contributed by atoms with Gasteiger partial charge in [0, 0.05) is 37.1 Å². The van der Waals surface area contributed by atoms with Crippen molar-refractivity contribution in [2.24, 2.45) is 0 Å². The molecule has 1 saturated heterocycles. The summed E-state index contributed by atoms with van der Waals surface area (Å²) >= 11 is 0. The summed E-state index contributed by atoms with van der Waals surface area (Å²) in [5.41, 5.74) is 2.52. The zero-order valence-corrected chi connectivity index (χ0v) is 17.0. The quantitative estimate of drug-likeness (QED) is 0.681. The molecule has 0 atom stereocenters. The van der Waals surface area contributed by atoms with Crippen LogP contribution in [0.1, 0.15) is 15.9 Å². The number of ether oxygens (including phenoxy) is 2. The van der Waals surface area contributed by atoms with Crippen LogP contribution in [0.3, 0.4) is 0 Å². The summed E-state index contributed by atoms with van der Waals surface area (Å²) < 4.78 is 10.7. The highest BCUT2D eigenvalue weighted by atomic mass is 16.5. The number of methoxy groups -OCH3 is 2. The Labute approximate surface area is 170 Å². The van der Waals surface area contributed by atoms with Crippen molar-refractivity contribution in [2.75, 3.05) is 45.3 Å². The van der Waals surface area contributed by atoms with Crippen LogP contribution < -0.4 is 14.4 Å². The lowest BCUT2D eigenvalue weighted by molar-refractivity contribution is 0.0745. The molecule has 29 heavy (non-hydrogen) atoms. The number of nitrogens with zero attached hydrogens (tertiary/aromatic N) is 3. The summed E-state index contributed by atoms with van der Waals surface area (Å²) in [7, 11) is 3.18. The Morgan fingerprint density at radius 3 is 2.34 bits per heavy atom. The molecule has 0 saturated carbocycles. The highest BCUT2D eigenvalue weighted by molar-refractivity contribution is 5.96. The lowest BCUT2D eigenvalue weighted by Crippen LogP contribution is -2.49. The largest absolute Gasteiger partial charge is 0.493 e. The SMILES string of the molecule is COc1cc(C)c(C(=O)N2CCN(c3ccc4ccccc4n3)CC2)cc1OC. The highest BCUT2D eigenvalue weighted by Gasteiger charge is 2.25. The van der Waals surface area contributed by atoms with E-state index in [-0.39, 0.29) is 5.91 Å². The molecule has 1 aromatic heterocycles. The summed E-state index contributed by atoms with van der Waals surface area (Å²) in [6.45, 7) is 4.74. The van der Waals surface area contributed by atoms with Gasteiger partial charge in [0.15, 0.2) is 11.5 Å². The van der Waals surface area contributed by atoms with Gasteiger partial charge in [-0.05, 0) is 42.8 Å². The van der Waals surface area contributed by atoms with E-state index in [0.29, 0.717) is 30.2 Å². The Kier molecular flexibility index (Phi) is 5.25. The van der Waals surface area contributed by atoms with Crippen molar-refractivity contribution in [1.29, 1.82) is 0 Å². The molecule has 0 spiro atoms. The minimum atomic E-state index is 0.0228. The maximum Gasteiger partial charge on any atom is 0.254 e. The van der Waals surface area contributed by atoms with Gasteiger partial charge in [-0.1, -0.05) is 18.2 Å². The number of rotatable bonds is 4. The third kappa shape index (κ3) is 3.70. The second kappa shape index (κ2) is 7.99. The van der Waals surface area contributed by atoms with E-state index in [4.69, 9.17) is 14.5 Å². The Morgan fingerprint density at radius 2 is 1.62 bits per heavy atom. The van der Waals surface area contributed by atoms with Crippen molar-refractivity contribution in [3.63, 3.8) is 0 Å². The fraction of sp³-hybridized carbons (Fsp3) is 0.304. The Morgan fingerprint density at radius 1 is 0.931 bits per heavy atom. The van der Waals surface area contributed by atoms with Crippen molar-refractivity contribution in [3.05, 3.63) is 59.7 Å². The average Bonchev–Trinajstić information content (AvgIpc) is 2.78. The van der Waals surface area contributed by atoms with Crippen molar-refractivity contribution >= 4 is 22.6 Å². The molecule has 150 valence electrons. The van der Waals surface area contributed by atoms with E-state index in [1.807, 2.05) is 36.1 Å². The van der Waals surface area contributed by atoms with Crippen molar-refractivity contribution in [1.82, 2.24) is 9.88 Å². The lowest BCUT2D eigenvalue weighted by atomic mass is 10.1. The van der Waals surface area contributed by atoms with Crippen LogP contribution >= 0.6 is 0 Å². The number of carbonyl (C=O) groups is 1. The number of anilines is 1. The molecule has 1 aliphatic rings. The lowest BCUT2D eigenvalue weighted by Gasteiger charge is -2.35. The van der Waals surface area contributed by atoms with Gasteiger partial charge in [-0.25, -0.2) is 4.98 Å². The number of piperazine rings is 1. The number of pyridine rings is 1. The van der Waals surface area contributed by atoms with Gasteiger partial charge in [0.05, 0.1) is 19.7 Å². The van der Waals surface area contributed by atoms with Gasteiger partial charge in [-0.2, -0.15) is 0 Å². The van der Waals surface area contributed by atoms with Crippen molar-refractivity contribution in [2.45, 2.75) is 6.92 Å². The van der Waals surface area contributed by atoms with Crippen molar-refractivity contribution in [3.8, 4) is 11.5 Å². The molecule has 6 heteroatoms. The van der Waals surface area contributed by atoms with Crippen LogP contribution in [0.2, 0.25) is 0 Å². The second-order valence-electron chi connectivity index (χ2n) is 7.16. The summed E-state index contributed by atoms with van der Waals surface area (Å²) in [4.78, 5) is 22.0. The molecular weight excluding hydrogens is 366 g/mol. The molecule has 1 fully saturated rings. The number of para-hydroxylation sites is 1. The third-order valence-electron chi connectivity index (χ3n) is 5.44. The van der Waals surface area contributed by atoms with Crippen LogP contribution in [-0.4, -0.2) is 56.2 Å². The fourth-order valence-corrected chi connectivity index (χ4v) is 3.75. The van der Waals surface area contributed by atoms with Crippen LogP contribution in [0, 0.1) is 6.92 Å². The van der Waals surface area contributed by atoms with Crippen LogP contribution in [0.15, 0.2) is 48.5 Å². The van der Waals surface area contributed by atoms with Gasteiger partial charge in [0.2, 0.25) is 0 Å². The molecule has 4 rings (SSSR count). The molecule has 1 aliphatic heterocycles. The number of hydrogen-bond acceptors (Lipinski definition) is 5. The number of aryl methyl sites for hydroxylation is 1. The fourth-order valence-electron chi connectivity index (χ4n) is 3.75. The number of carbonyl (C=O) groups excluding carboxylic acids is 1. The normalized spacial score (nSPS) is 14.2. The van der Waals surface area contributed by atoms with Gasteiger partial charge in [-0.3, -0.25) is 4.79 Å². The molecule has 0 unspecified atom stereocenters. The van der Waals surface area contributed by atoms with Crippen LogP contribution in [0.4, 0.5) is 5.82 Å². The van der Waals surface area contributed by atoms with Gasteiger partial charge in [-0.15, -0.1) is 0 Å². The topological polar surface area (TPSA) is 54.9 Å². The number of hydrogen-bond donors (Lipinski definition) is 0. The van der Waals surface area contributed by atoms with E-state index in [2.05, 4.69) is 23.1 Å². The zero-order chi connectivity index (χ0) is 20.4. The minimum absolute atomic E-state index is 0.0228. The third-order valence-corrected chi connectivity index (χ3v) is 5.44. The van der Waals surface area contributed by atoms with E-state index in [1.54, 1.807) is 20.3 Å². The van der Waals surface area contributed by atoms with E-state index in [1.165, 1.54) is 0 Å². The maximum atomic E-state index is 13.1. The van der Waals surface area contributed by atoms with E-state index in [0.717, 1.165) is 35.4 Å². The van der Waals surface area contributed by atoms with E-state index >= 15 is 0 Å². The smallest absolute Gasteiger partial charge is 0.254 e. The first kappa shape index (κ1) is 19.1. The molecule has 2 aromatic carbocycles. The molecule has 0 bridgehead atoms. The Balaban J connectivity index is 1.48. The number of aromatic nitrogens is 1. The van der Waals surface area contributed by atoms with Crippen LogP contribution in [0.5, 0.6) is 11.5 Å². The molecule has 0 radical (unpaired) electrons. The summed E-state index contributed by atoms with van der Waals surface area (Å²) in [6.07, 6.45) is 0. The van der Waals surface area contributed by atoms with Crippen molar-refractivity contribution < 1.29 is 14.3 Å². The van der Waals surface area contributed by atoms with Gasteiger partial charge in [0.1, 0.15) is 5.82 Å². The first-order valence-electron chi connectivity index (χ1n) is 9.73. The maximum absolute atomic E-state index is 13.1. The molecule has 6 nitrogen and oxygen atoms in total. The molecule has 0 aliphatic carbocycles. The summed E-state index contributed by atoms with van der Waals surface area (Å²) in [6, 6.07) is 15.9. The minimum Gasteiger partial charge on any atom is -0.493 e. The van der Waals surface area contributed by atoms with Gasteiger partial charge < -0.3 is 19.3 Å². The average molecular weight is 391 g/mol. The zero-order valence-electron chi connectivity index (χ0n) is 17.0. The van der Waals surface area contributed by atoms with Crippen LogP contribution in [-0.2, 0) is 0 Å².